The Labute approximate surface area is 171 Å². The van der Waals surface area contributed by atoms with Crippen LogP contribution in [0.2, 0.25) is 0 Å². The van der Waals surface area contributed by atoms with E-state index in [0.717, 1.165) is 33.7 Å². The van der Waals surface area contributed by atoms with Crippen molar-refractivity contribution >= 4 is 51.6 Å². The van der Waals surface area contributed by atoms with Gasteiger partial charge in [-0.25, -0.2) is 0 Å². The zero-order valence-corrected chi connectivity index (χ0v) is 17.3. The maximum Gasteiger partial charge on any atom is 0.293 e. The molecule has 6 heteroatoms. The molecule has 0 atom stereocenters. The van der Waals surface area contributed by atoms with E-state index in [0.29, 0.717) is 23.1 Å². The Hall–Kier alpha value is -1.46. The fraction of sp³-hybridized carbons (Fsp3) is 0.400. The van der Waals surface area contributed by atoms with Crippen molar-refractivity contribution in [3.8, 4) is 18.1 Å². The minimum absolute atomic E-state index is 0.157. The average Bonchev–Trinajstić information content (AvgIpc) is 2.89. The number of hydrogen-bond donors (Lipinski definition) is 0. The number of rotatable bonds is 5. The maximum absolute atomic E-state index is 12.7. The van der Waals surface area contributed by atoms with Crippen LogP contribution in [0.4, 0.5) is 4.79 Å². The summed E-state index contributed by atoms with van der Waals surface area (Å²) in [4.78, 5) is 26.8. The van der Waals surface area contributed by atoms with Gasteiger partial charge >= 0.3 is 0 Å². The Morgan fingerprint density at radius 3 is 2.77 bits per heavy atom. The molecule has 0 spiro atoms. The number of carbonyl (C=O) groups excluding carboxylic acids is 2. The minimum Gasteiger partial charge on any atom is -0.480 e. The minimum atomic E-state index is -0.173. The third kappa shape index (κ3) is 4.63. The molecule has 136 valence electrons. The summed E-state index contributed by atoms with van der Waals surface area (Å²) in [7, 11) is 0. The summed E-state index contributed by atoms with van der Waals surface area (Å²) >= 11 is 3.20. The van der Waals surface area contributed by atoms with Gasteiger partial charge in [-0.2, -0.15) is 0 Å². The normalized spacial score (nSPS) is 19.8. The van der Waals surface area contributed by atoms with Gasteiger partial charge < -0.3 is 4.74 Å². The third-order valence-corrected chi connectivity index (χ3v) is 6.35. The van der Waals surface area contributed by atoms with E-state index in [1.807, 2.05) is 18.2 Å². The summed E-state index contributed by atoms with van der Waals surface area (Å²) in [6.07, 6.45) is 12.9. The molecule has 1 heterocycles. The van der Waals surface area contributed by atoms with Gasteiger partial charge in [0.2, 0.25) is 0 Å². The number of amides is 2. The fourth-order valence-corrected chi connectivity index (χ4v) is 4.82. The van der Waals surface area contributed by atoms with E-state index in [1.54, 1.807) is 6.08 Å². The number of halogens is 1. The summed E-state index contributed by atoms with van der Waals surface area (Å²) in [5.41, 5.74) is 0.866. The Balaban J connectivity index is 1.71. The second-order valence-corrected chi connectivity index (χ2v) is 8.63. The van der Waals surface area contributed by atoms with Gasteiger partial charge in [0.1, 0.15) is 12.4 Å². The molecule has 1 aromatic carbocycles. The third-order valence-electron chi connectivity index (χ3n) is 4.60. The first-order valence-electron chi connectivity index (χ1n) is 8.69. The van der Waals surface area contributed by atoms with Gasteiger partial charge in [0.05, 0.1) is 8.48 Å². The zero-order valence-electron chi connectivity index (χ0n) is 14.4. The van der Waals surface area contributed by atoms with E-state index in [1.165, 1.54) is 24.2 Å². The van der Waals surface area contributed by atoms with Crippen molar-refractivity contribution in [1.82, 2.24) is 4.90 Å². The van der Waals surface area contributed by atoms with Gasteiger partial charge in [-0.1, -0.05) is 31.2 Å². The van der Waals surface area contributed by atoms with Crippen LogP contribution in [0.5, 0.6) is 5.75 Å². The lowest BCUT2D eigenvalue weighted by molar-refractivity contribution is -0.123. The molecule has 2 fully saturated rings. The largest absolute Gasteiger partial charge is 0.480 e. The molecule has 1 saturated heterocycles. The monoisotopic (exact) mass is 481 g/mol. The van der Waals surface area contributed by atoms with Gasteiger partial charge in [0, 0.05) is 6.54 Å². The summed E-state index contributed by atoms with van der Waals surface area (Å²) in [5, 5.41) is -0.157. The highest BCUT2D eigenvalue weighted by Crippen LogP contribution is 2.35. The summed E-state index contributed by atoms with van der Waals surface area (Å²) < 4.78 is 6.36. The van der Waals surface area contributed by atoms with Crippen LogP contribution in [0.15, 0.2) is 23.1 Å². The number of hydrogen-bond acceptors (Lipinski definition) is 4. The molecule has 0 unspecified atom stereocenters. The highest BCUT2D eigenvalue weighted by atomic mass is 127. The van der Waals surface area contributed by atoms with Gasteiger partial charge in [-0.3, -0.25) is 14.5 Å². The highest BCUT2D eigenvalue weighted by Gasteiger charge is 2.36. The van der Waals surface area contributed by atoms with Crippen LogP contribution in [0.1, 0.15) is 37.7 Å². The first kappa shape index (κ1) is 19.3. The lowest BCUT2D eigenvalue weighted by Gasteiger charge is -2.25. The Morgan fingerprint density at radius 1 is 1.31 bits per heavy atom. The van der Waals surface area contributed by atoms with E-state index in [9.17, 15) is 9.59 Å². The molecule has 3 rings (SSSR count). The van der Waals surface area contributed by atoms with Crippen molar-refractivity contribution < 1.29 is 14.3 Å². The molecule has 4 nitrogen and oxygen atoms in total. The van der Waals surface area contributed by atoms with E-state index < -0.39 is 0 Å². The van der Waals surface area contributed by atoms with Crippen molar-refractivity contribution in [1.29, 1.82) is 0 Å². The van der Waals surface area contributed by atoms with Crippen molar-refractivity contribution in [2.45, 2.75) is 32.1 Å². The average molecular weight is 481 g/mol. The molecule has 0 aromatic heterocycles. The fourth-order valence-electron chi connectivity index (χ4n) is 3.28. The SMILES string of the molecule is C#CCOc1ccc(/C=C2/SC(=O)N(CC3CCCCC3)C2=O)cc1I. The van der Waals surface area contributed by atoms with Crippen molar-refractivity contribution in [3.05, 3.63) is 32.2 Å². The predicted octanol–water partition coefficient (Wildman–Crippen LogP) is 4.92. The van der Waals surface area contributed by atoms with Crippen LogP contribution in [0, 0.1) is 21.8 Å². The molecule has 0 radical (unpaired) electrons. The summed E-state index contributed by atoms with van der Waals surface area (Å²) in [6.45, 7) is 0.772. The molecule has 2 amide bonds. The maximum atomic E-state index is 12.7. The molecule has 1 aliphatic carbocycles. The molecule has 1 aromatic rings. The van der Waals surface area contributed by atoms with Crippen LogP contribution in [0.3, 0.4) is 0 Å². The molecule has 1 aliphatic heterocycles. The topological polar surface area (TPSA) is 46.6 Å². The van der Waals surface area contributed by atoms with Crippen LogP contribution in [-0.4, -0.2) is 29.2 Å². The van der Waals surface area contributed by atoms with E-state index in [4.69, 9.17) is 11.2 Å². The summed E-state index contributed by atoms with van der Waals surface area (Å²) in [5.74, 6) is 3.43. The van der Waals surface area contributed by atoms with Gasteiger partial charge in [0.15, 0.2) is 0 Å². The number of nitrogens with zero attached hydrogens (tertiary/aromatic N) is 1. The second-order valence-electron chi connectivity index (χ2n) is 6.48. The zero-order chi connectivity index (χ0) is 18.5. The molecule has 2 aliphatic rings. The molecule has 0 bridgehead atoms. The quantitative estimate of drug-likeness (QED) is 0.340. The molecule has 1 saturated carbocycles. The van der Waals surface area contributed by atoms with Crippen LogP contribution in [0.25, 0.3) is 6.08 Å². The van der Waals surface area contributed by atoms with Gasteiger partial charge in [-0.15, -0.1) is 6.42 Å². The Bertz CT molecular complexity index is 778. The number of ether oxygens (including phenoxy) is 1. The van der Waals surface area contributed by atoms with Crippen LogP contribution >= 0.6 is 34.4 Å². The Kier molecular flexibility index (Phi) is 6.65. The summed E-state index contributed by atoms with van der Waals surface area (Å²) in [6, 6.07) is 5.61. The lowest BCUT2D eigenvalue weighted by Crippen LogP contribution is -2.34. The van der Waals surface area contributed by atoms with E-state index >= 15 is 0 Å². The molecular formula is C20H20INO3S. The molecular weight excluding hydrogens is 461 g/mol. The van der Waals surface area contributed by atoms with E-state index in [-0.39, 0.29) is 17.8 Å². The lowest BCUT2D eigenvalue weighted by atomic mass is 9.89. The number of benzene rings is 1. The first-order valence-corrected chi connectivity index (χ1v) is 10.6. The standard InChI is InChI=1S/C20H20INO3S/c1-2-10-25-17-9-8-15(11-16(17)21)12-18-19(23)22(20(24)26-18)13-14-6-4-3-5-7-14/h1,8-9,11-12,14H,3-7,10,13H2/b18-12+. The number of carbonyl (C=O) groups is 2. The highest BCUT2D eigenvalue weighted by molar-refractivity contribution is 14.1. The van der Waals surface area contributed by atoms with Crippen molar-refractivity contribution in [2.24, 2.45) is 5.92 Å². The second kappa shape index (κ2) is 8.96. The van der Waals surface area contributed by atoms with Crippen LogP contribution in [-0.2, 0) is 4.79 Å². The molecule has 26 heavy (non-hydrogen) atoms. The number of thioether (sulfide) groups is 1. The van der Waals surface area contributed by atoms with Crippen molar-refractivity contribution in [2.75, 3.05) is 13.2 Å². The van der Waals surface area contributed by atoms with E-state index in [2.05, 4.69) is 28.5 Å². The van der Waals surface area contributed by atoms with Crippen LogP contribution < -0.4 is 4.74 Å². The Morgan fingerprint density at radius 2 is 2.08 bits per heavy atom. The number of terminal acetylenes is 1. The van der Waals surface area contributed by atoms with Gasteiger partial charge in [-0.05, 0) is 76.9 Å². The predicted molar refractivity (Wildman–Crippen MR) is 113 cm³/mol. The number of imide groups is 1. The van der Waals surface area contributed by atoms with Gasteiger partial charge in [0.25, 0.3) is 11.1 Å². The first-order chi connectivity index (χ1) is 12.6. The molecule has 0 N–H and O–H groups in total. The smallest absolute Gasteiger partial charge is 0.293 e. The van der Waals surface area contributed by atoms with Crippen molar-refractivity contribution in [3.63, 3.8) is 0 Å².